The highest BCUT2D eigenvalue weighted by atomic mass is 16.6. The molecule has 4 rings (SSSR count). The van der Waals surface area contributed by atoms with Crippen molar-refractivity contribution in [2.24, 2.45) is 0 Å². The fraction of sp³-hybridized carbons (Fsp3) is 0.364. The molecule has 2 aliphatic heterocycles. The summed E-state index contributed by atoms with van der Waals surface area (Å²) in [6.45, 7) is 3.02. The SMILES string of the molecule is COc1c(O)cc2c(c1O)C(=O)O[C@H](C)[C@H]2Oc1cc2c(c(O)c1OC)C(=O)O[C@H](C)[C@H]2O. The molecule has 176 valence electrons. The molecule has 0 unspecified atom stereocenters. The third-order valence-electron chi connectivity index (χ3n) is 5.67. The van der Waals surface area contributed by atoms with Crippen molar-refractivity contribution in [2.45, 2.75) is 38.3 Å². The zero-order valence-corrected chi connectivity index (χ0v) is 18.1. The van der Waals surface area contributed by atoms with Gasteiger partial charge >= 0.3 is 11.9 Å². The molecule has 0 saturated carbocycles. The number of phenols is 3. The highest BCUT2D eigenvalue weighted by molar-refractivity contribution is 5.98. The molecule has 2 aromatic rings. The molecular formula is C22H22O11. The van der Waals surface area contributed by atoms with Crippen molar-refractivity contribution in [1.29, 1.82) is 0 Å². The number of aliphatic hydroxyl groups excluding tert-OH is 1. The standard InChI is InChI=1S/C22H22O11/c1-7-15(24)9-6-12(20(30-4)17(26)13(9)21(27)31-7)33-18-8(2)32-22(28)14-10(18)5-11(23)19(29-3)16(14)25/h5-8,15,18,23-26H,1-4H3/t7-,8-,15-,18-/m1/s1. The maximum Gasteiger partial charge on any atom is 0.342 e. The van der Waals surface area contributed by atoms with Crippen LogP contribution in [0.15, 0.2) is 12.1 Å². The van der Waals surface area contributed by atoms with Crippen LogP contribution in [0.2, 0.25) is 0 Å². The Morgan fingerprint density at radius 3 is 1.97 bits per heavy atom. The van der Waals surface area contributed by atoms with Crippen LogP contribution in [0, 0.1) is 0 Å². The first-order valence-electron chi connectivity index (χ1n) is 9.93. The number of aromatic hydroxyl groups is 3. The summed E-state index contributed by atoms with van der Waals surface area (Å²) in [5, 5.41) is 41.9. The van der Waals surface area contributed by atoms with E-state index >= 15 is 0 Å². The highest BCUT2D eigenvalue weighted by Crippen LogP contribution is 2.50. The van der Waals surface area contributed by atoms with Crippen LogP contribution in [0.1, 0.15) is 57.9 Å². The Morgan fingerprint density at radius 2 is 1.36 bits per heavy atom. The minimum absolute atomic E-state index is 0.0631. The van der Waals surface area contributed by atoms with E-state index in [2.05, 4.69) is 0 Å². The number of carbonyl (C=O) groups is 2. The number of rotatable bonds is 4. The molecule has 0 amide bonds. The van der Waals surface area contributed by atoms with E-state index in [-0.39, 0.29) is 39.5 Å². The van der Waals surface area contributed by atoms with E-state index in [1.165, 1.54) is 40.2 Å². The Balaban J connectivity index is 1.87. The molecule has 0 saturated heterocycles. The van der Waals surface area contributed by atoms with Gasteiger partial charge in [-0.15, -0.1) is 0 Å². The molecule has 11 nitrogen and oxygen atoms in total. The molecule has 0 fully saturated rings. The van der Waals surface area contributed by atoms with Crippen LogP contribution in [0.3, 0.4) is 0 Å². The van der Waals surface area contributed by atoms with Gasteiger partial charge in [-0.25, -0.2) is 9.59 Å². The zero-order chi connectivity index (χ0) is 24.2. The van der Waals surface area contributed by atoms with Gasteiger partial charge in [0.2, 0.25) is 11.5 Å². The Bertz CT molecular complexity index is 1160. The van der Waals surface area contributed by atoms with Gasteiger partial charge in [0.25, 0.3) is 0 Å². The molecule has 0 aliphatic carbocycles. The van der Waals surface area contributed by atoms with Crippen molar-refractivity contribution >= 4 is 11.9 Å². The van der Waals surface area contributed by atoms with E-state index in [1.54, 1.807) is 0 Å². The van der Waals surface area contributed by atoms with Gasteiger partial charge in [0.05, 0.1) is 14.2 Å². The third-order valence-corrected chi connectivity index (χ3v) is 5.67. The molecule has 2 aromatic carbocycles. The molecule has 2 heterocycles. The lowest BCUT2D eigenvalue weighted by Gasteiger charge is -2.33. The number of hydrogen-bond donors (Lipinski definition) is 4. The Morgan fingerprint density at radius 1 is 0.818 bits per heavy atom. The quantitative estimate of drug-likeness (QED) is 0.492. The number of phenolic OH excluding ortho intramolecular Hbond substituents is 3. The lowest BCUT2D eigenvalue weighted by atomic mass is 9.93. The van der Waals surface area contributed by atoms with Crippen LogP contribution in [0.25, 0.3) is 0 Å². The predicted molar refractivity (Wildman–Crippen MR) is 109 cm³/mol. The summed E-state index contributed by atoms with van der Waals surface area (Å²) >= 11 is 0. The Kier molecular flexibility index (Phi) is 5.36. The molecule has 0 radical (unpaired) electrons. The monoisotopic (exact) mass is 462 g/mol. The van der Waals surface area contributed by atoms with Crippen molar-refractivity contribution in [2.75, 3.05) is 14.2 Å². The van der Waals surface area contributed by atoms with Gasteiger partial charge < -0.3 is 44.1 Å². The van der Waals surface area contributed by atoms with Crippen LogP contribution < -0.4 is 14.2 Å². The number of esters is 2. The van der Waals surface area contributed by atoms with E-state index in [4.69, 9.17) is 23.7 Å². The van der Waals surface area contributed by atoms with Gasteiger partial charge in [0.1, 0.15) is 29.4 Å². The van der Waals surface area contributed by atoms with Crippen molar-refractivity contribution in [3.8, 4) is 34.5 Å². The number of ether oxygens (including phenoxy) is 5. The molecule has 0 spiro atoms. The number of aliphatic hydroxyl groups is 1. The van der Waals surface area contributed by atoms with E-state index in [0.717, 1.165) is 0 Å². The van der Waals surface area contributed by atoms with Crippen molar-refractivity contribution in [1.82, 2.24) is 0 Å². The minimum Gasteiger partial charge on any atom is -0.504 e. The van der Waals surface area contributed by atoms with Crippen LogP contribution in [0.4, 0.5) is 0 Å². The molecule has 4 N–H and O–H groups in total. The van der Waals surface area contributed by atoms with Gasteiger partial charge in [0, 0.05) is 11.1 Å². The maximum absolute atomic E-state index is 12.5. The summed E-state index contributed by atoms with van der Waals surface area (Å²) in [5.74, 6) is -3.94. The summed E-state index contributed by atoms with van der Waals surface area (Å²) in [4.78, 5) is 24.8. The first-order chi connectivity index (χ1) is 15.6. The van der Waals surface area contributed by atoms with Gasteiger partial charge in [-0.05, 0) is 26.0 Å². The first-order valence-corrected chi connectivity index (χ1v) is 9.93. The molecule has 4 atom stereocenters. The Labute approximate surface area is 187 Å². The van der Waals surface area contributed by atoms with Crippen LogP contribution in [0.5, 0.6) is 34.5 Å². The summed E-state index contributed by atoms with van der Waals surface area (Å²) in [6.07, 6.45) is -4.09. The molecular weight excluding hydrogens is 440 g/mol. The second kappa shape index (κ2) is 7.93. The number of cyclic esters (lactones) is 2. The maximum atomic E-state index is 12.5. The Hall–Kier alpha value is -3.86. The lowest BCUT2D eigenvalue weighted by molar-refractivity contribution is -0.0231. The normalized spacial score (nSPS) is 23.7. The highest BCUT2D eigenvalue weighted by Gasteiger charge is 2.41. The summed E-state index contributed by atoms with van der Waals surface area (Å²) in [5.41, 5.74) is -0.352. The van der Waals surface area contributed by atoms with Crippen LogP contribution in [-0.2, 0) is 9.47 Å². The number of fused-ring (bicyclic) bond motifs is 2. The second-order valence-corrected chi connectivity index (χ2v) is 7.67. The largest absolute Gasteiger partial charge is 0.504 e. The molecule has 11 heteroatoms. The van der Waals surface area contributed by atoms with Gasteiger partial charge in [-0.1, -0.05) is 0 Å². The van der Waals surface area contributed by atoms with E-state index in [1.807, 2.05) is 0 Å². The summed E-state index contributed by atoms with van der Waals surface area (Å²) < 4.78 is 26.6. The average Bonchev–Trinajstić information content (AvgIpc) is 2.74. The van der Waals surface area contributed by atoms with Gasteiger partial charge in [-0.2, -0.15) is 0 Å². The van der Waals surface area contributed by atoms with E-state index < -0.39 is 53.6 Å². The lowest BCUT2D eigenvalue weighted by Crippen LogP contribution is -2.34. The number of hydrogen-bond acceptors (Lipinski definition) is 11. The second-order valence-electron chi connectivity index (χ2n) is 7.67. The summed E-state index contributed by atoms with van der Waals surface area (Å²) in [6, 6.07) is 2.52. The average molecular weight is 462 g/mol. The smallest absolute Gasteiger partial charge is 0.342 e. The zero-order valence-electron chi connectivity index (χ0n) is 18.1. The molecule has 2 aliphatic rings. The van der Waals surface area contributed by atoms with Crippen molar-refractivity contribution in [3.05, 3.63) is 34.4 Å². The van der Waals surface area contributed by atoms with E-state index in [0.29, 0.717) is 0 Å². The molecule has 0 aromatic heterocycles. The fourth-order valence-electron chi connectivity index (χ4n) is 4.06. The number of methoxy groups -OCH3 is 2. The van der Waals surface area contributed by atoms with Gasteiger partial charge in [0.15, 0.2) is 29.1 Å². The third kappa shape index (κ3) is 3.32. The predicted octanol–water partition coefficient (Wildman–Crippen LogP) is 2.09. The van der Waals surface area contributed by atoms with E-state index in [9.17, 15) is 30.0 Å². The van der Waals surface area contributed by atoms with Crippen molar-refractivity contribution in [3.63, 3.8) is 0 Å². The van der Waals surface area contributed by atoms with Crippen LogP contribution >= 0.6 is 0 Å². The van der Waals surface area contributed by atoms with Crippen LogP contribution in [-0.4, -0.2) is 58.8 Å². The first kappa shape index (κ1) is 22.3. The van der Waals surface area contributed by atoms with Gasteiger partial charge in [-0.3, -0.25) is 0 Å². The number of carbonyl (C=O) groups excluding carboxylic acids is 2. The topological polar surface area (TPSA) is 161 Å². The number of benzene rings is 2. The molecule has 0 bridgehead atoms. The molecule has 33 heavy (non-hydrogen) atoms. The van der Waals surface area contributed by atoms with Crippen molar-refractivity contribution < 1.29 is 53.7 Å². The fourth-order valence-corrected chi connectivity index (χ4v) is 4.06. The minimum atomic E-state index is -1.25. The summed E-state index contributed by atoms with van der Waals surface area (Å²) in [7, 11) is 2.45.